The number of thiophene rings is 1. The fourth-order valence-corrected chi connectivity index (χ4v) is 3.85. The number of hydrogen-bond donors (Lipinski definition) is 2. The highest BCUT2D eigenvalue weighted by atomic mass is 32.1. The topological polar surface area (TPSA) is 89.2 Å². The van der Waals surface area contributed by atoms with Crippen LogP contribution in [0.25, 0.3) is 5.69 Å². The minimum absolute atomic E-state index is 0.186. The maximum absolute atomic E-state index is 13.2. The number of nitrogens with zero attached hydrogens (tertiary/aromatic N) is 2. The van der Waals surface area contributed by atoms with E-state index in [1.807, 2.05) is 0 Å². The first-order valence-electron chi connectivity index (χ1n) is 9.00. The van der Waals surface area contributed by atoms with E-state index in [2.05, 4.69) is 15.7 Å². The van der Waals surface area contributed by atoms with E-state index in [1.54, 1.807) is 50.2 Å². The fourth-order valence-electron chi connectivity index (χ4n) is 2.89. The SMILES string of the molecule is Cc1cc(NC(=O)c2sc(NC(=O)c3ccco3)cc2C)n(-c2ccc(F)cc2)n1. The van der Waals surface area contributed by atoms with Gasteiger partial charge in [-0.3, -0.25) is 9.59 Å². The zero-order valence-corrected chi connectivity index (χ0v) is 16.9. The highest BCUT2D eigenvalue weighted by molar-refractivity contribution is 7.18. The average molecular weight is 424 g/mol. The van der Waals surface area contributed by atoms with Crippen LogP contribution in [0.15, 0.2) is 59.2 Å². The fraction of sp³-hybridized carbons (Fsp3) is 0.0952. The molecular weight excluding hydrogens is 407 g/mol. The Morgan fingerprint density at radius 1 is 1.07 bits per heavy atom. The van der Waals surface area contributed by atoms with Crippen LogP contribution in [0.3, 0.4) is 0 Å². The second kappa shape index (κ2) is 7.96. The van der Waals surface area contributed by atoms with Crippen molar-refractivity contribution in [1.29, 1.82) is 0 Å². The van der Waals surface area contributed by atoms with Crippen molar-refractivity contribution in [1.82, 2.24) is 9.78 Å². The molecule has 0 aliphatic rings. The lowest BCUT2D eigenvalue weighted by Crippen LogP contribution is -2.14. The first kappa shape index (κ1) is 19.6. The molecule has 0 aliphatic heterocycles. The van der Waals surface area contributed by atoms with Gasteiger partial charge in [-0.1, -0.05) is 0 Å². The summed E-state index contributed by atoms with van der Waals surface area (Å²) in [6.45, 7) is 3.59. The number of anilines is 2. The van der Waals surface area contributed by atoms with Crippen LogP contribution in [0.2, 0.25) is 0 Å². The van der Waals surface area contributed by atoms with Crippen molar-refractivity contribution >= 4 is 34.0 Å². The van der Waals surface area contributed by atoms with Crippen molar-refractivity contribution in [3.63, 3.8) is 0 Å². The third-order valence-electron chi connectivity index (χ3n) is 4.25. The molecule has 2 N–H and O–H groups in total. The smallest absolute Gasteiger partial charge is 0.291 e. The molecule has 0 saturated heterocycles. The minimum Gasteiger partial charge on any atom is -0.459 e. The van der Waals surface area contributed by atoms with Crippen molar-refractivity contribution in [3.05, 3.63) is 82.5 Å². The molecule has 7 nitrogen and oxygen atoms in total. The first-order valence-corrected chi connectivity index (χ1v) is 9.81. The van der Waals surface area contributed by atoms with Crippen molar-refractivity contribution < 1.29 is 18.4 Å². The Kier molecular flexibility index (Phi) is 5.20. The number of halogens is 1. The number of hydrogen-bond acceptors (Lipinski definition) is 5. The predicted octanol–water partition coefficient (Wildman–Crippen LogP) is 4.79. The van der Waals surface area contributed by atoms with E-state index in [9.17, 15) is 14.0 Å². The van der Waals surface area contributed by atoms with Gasteiger partial charge in [0, 0.05) is 6.07 Å². The van der Waals surface area contributed by atoms with Gasteiger partial charge in [0.25, 0.3) is 11.8 Å². The second-order valence-corrected chi connectivity index (χ2v) is 7.62. The quantitative estimate of drug-likeness (QED) is 0.482. The van der Waals surface area contributed by atoms with Gasteiger partial charge in [-0.15, -0.1) is 11.3 Å². The first-order chi connectivity index (χ1) is 14.4. The number of furan rings is 1. The van der Waals surface area contributed by atoms with E-state index in [1.165, 1.54) is 23.1 Å². The molecular formula is C21H17FN4O3S. The Morgan fingerprint density at radius 2 is 1.83 bits per heavy atom. The van der Waals surface area contributed by atoms with Gasteiger partial charge < -0.3 is 15.1 Å². The summed E-state index contributed by atoms with van der Waals surface area (Å²) in [5.41, 5.74) is 2.04. The molecule has 3 aromatic heterocycles. The summed E-state index contributed by atoms with van der Waals surface area (Å²) in [6.07, 6.45) is 1.42. The number of rotatable bonds is 5. The molecule has 4 aromatic rings. The summed E-state index contributed by atoms with van der Waals surface area (Å²) in [4.78, 5) is 25.5. The van der Waals surface area contributed by atoms with Crippen LogP contribution in [0.4, 0.5) is 15.2 Å². The predicted molar refractivity (Wildman–Crippen MR) is 112 cm³/mol. The zero-order chi connectivity index (χ0) is 21.3. The van der Waals surface area contributed by atoms with Gasteiger partial charge in [0.05, 0.1) is 27.5 Å². The molecule has 152 valence electrons. The molecule has 0 saturated carbocycles. The lowest BCUT2D eigenvalue weighted by molar-refractivity contribution is 0.0995. The van der Waals surface area contributed by atoms with E-state index < -0.39 is 5.91 Å². The van der Waals surface area contributed by atoms with Gasteiger partial charge in [0.2, 0.25) is 0 Å². The number of carbonyl (C=O) groups is 2. The molecule has 30 heavy (non-hydrogen) atoms. The van der Waals surface area contributed by atoms with Crippen LogP contribution in [0, 0.1) is 19.7 Å². The summed E-state index contributed by atoms with van der Waals surface area (Å²) in [6, 6.07) is 12.5. The Labute approximate surface area is 175 Å². The van der Waals surface area contributed by atoms with Crippen LogP contribution < -0.4 is 10.6 Å². The zero-order valence-electron chi connectivity index (χ0n) is 16.1. The van der Waals surface area contributed by atoms with E-state index >= 15 is 0 Å². The van der Waals surface area contributed by atoms with Gasteiger partial charge in [0.15, 0.2) is 5.76 Å². The van der Waals surface area contributed by atoms with Crippen molar-refractivity contribution in [2.45, 2.75) is 13.8 Å². The molecule has 0 fully saturated rings. The van der Waals surface area contributed by atoms with E-state index in [4.69, 9.17) is 4.42 Å². The summed E-state index contributed by atoms with van der Waals surface area (Å²) < 4.78 is 19.8. The summed E-state index contributed by atoms with van der Waals surface area (Å²) in [5, 5.41) is 10.5. The average Bonchev–Trinajstić information content (AvgIpc) is 3.43. The maximum Gasteiger partial charge on any atom is 0.291 e. The Balaban J connectivity index is 1.54. The van der Waals surface area contributed by atoms with Crippen LogP contribution in [0.1, 0.15) is 31.5 Å². The third kappa shape index (κ3) is 4.01. The number of benzene rings is 1. The van der Waals surface area contributed by atoms with Crippen LogP contribution >= 0.6 is 11.3 Å². The lowest BCUT2D eigenvalue weighted by Gasteiger charge is -2.08. The van der Waals surface area contributed by atoms with Crippen molar-refractivity contribution in [2.24, 2.45) is 0 Å². The molecule has 2 amide bonds. The summed E-state index contributed by atoms with van der Waals surface area (Å²) in [5.74, 6) is -0.437. The molecule has 0 spiro atoms. The van der Waals surface area contributed by atoms with Gasteiger partial charge in [-0.2, -0.15) is 5.10 Å². The van der Waals surface area contributed by atoms with Crippen LogP contribution in [-0.2, 0) is 0 Å². The molecule has 0 unspecified atom stereocenters. The standard InChI is InChI=1S/C21H17FN4O3S/c1-12-10-18(24-20(27)16-4-3-9-29-16)30-19(12)21(28)23-17-11-13(2)25-26(17)15-7-5-14(22)6-8-15/h3-11H,1-2H3,(H,23,28)(H,24,27). The largest absolute Gasteiger partial charge is 0.459 e. The number of aryl methyl sites for hydroxylation is 2. The van der Waals surface area contributed by atoms with E-state index in [0.29, 0.717) is 27.1 Å². The molecule has 0 aliphatic carbocycles. The van der Waals surface area contributed by atoms with Gasteiger partial charge >= 0.3 is 0 Å². The number of nitrogens with one attached hydrogen (secondary N) is 2. The Morgan fingerprint density at radius 3 is 2.53 bits per heavy atom. The molecule has 3 heterocycles. The van der Waals surface area contributed by atoms with E-state index in [0.717, 1.165) is 16.9 Å². The summed E-state index contributed by atoms with van der Waals surface area (Å²) >= 11 is 1.16. The number of amides is 2. The third-order valence-corrected chi connectivity index (χ3v) is 5.40. The summed E-state index contributed by atoms with van der Waals surface area (Å²) in [7, 11) is 0. The molecule has 4 rings (SSSR count). The number of aromatic nitrogens is 2. The maximum atomic E-state index is 13.2. The molecule has 1 aromatic carbocycles. The highest BCUT2D eigenvalue weighted by Crippen LogP contribution is 2.28. The monoisotopic (exact) mass is 424 g/mol. The molecule has 0 bridgehead atoms. The van der Waals surface area contributed by atoms with Crippen molar-refractivity contribution in [2.75, 3.05) is 10.6 Å². The van der Waals surface area contributed by atoms with Crippen molar-refractivity contribution in [3.8, 4) is 5.69 Å². The second-order valence-electron chi connectivity index (χ2n) is 6.57. The Hall–Kier alpha value is -3.72. The Bertz CT molecular complexity index is 1210. The highest BCUT2D eigenvalue weighted by Gasteiger charge is 2.19. The molecule has 0 radical (unpaired) electrons. The van der Waals surface area contributed by atoms with Crippen LogP contribution in [-0.4, -0.2) is 21.6 Å². The van der Waals surface area contributed by atoms with Crippen LogP contribution in [0.5, 0.6) is 0 Å². The molecule has 9 heteroatoms. The van der Waals surface area contributed by atoms with Gasteiger partial charge in [-0.05, 0) is 61.9 Å². The molecule has 0 atom stereocenters. The van der Waals surface area contributed by atoms with Gasteiger partial charge in [-0.25, -0.2) is 9.07 Å². The van der Waals surface area contributed by atoms with Gasteiger partial charge in [0.1, 0.15) is 11.6 Å². The normalized spacial score (nSPS) is 10.8. The lowest BCUT2D eigenvalue weighted by atomic mass is 10.2. The van der Waals surface area contributed by atoms with E-state index in [-0.39, 0.29) is 17.5 Å². The number of carbonyl (C=O) groups excluding carboxylic acids is 2. The minimum atomic E-state index is -0.391.